The molecule has 0 amide bonds. The standard InChI is InChI=1S/C12H17N2O/c1-15-12-4-2-3-10(7-12)8-14-11-5-6-13-9-11/h2-4,7,11,14H,5-6,8-9H2,1H3. The lowest BCUT2D eigenvalue weighted by Crippen LogP contribution is -2.29. The van der Waals surface area contributed by atoms with Gasteiger partial charge in [0.2, 0.25) is 0 Å². The van der Waals surface area contributed by atoms with Gasteiger partial charge in [0, 0.05) is 25.7 Å². The fourth-order valence-electron chi connectivity index (χ4n) is 1.80. The fourth-order valence-corrected chi connectivity index (χ4v) is 1.80. The summed E-state index contributed by atoms with van der Waals surface area (Å²) in [5.41, 5.74) is 1.27. The third-order valence-corrected chi connectivity index (χ3v) is 2.71. The summed E-state index contributed by atoms with van der Waals surface area (Å²) in [7, 11) is 1.70. The van der Waals surface area contributed by atoms with Crippen molar-refractivity contribution in [1.82, 2.24) is 10.6 Å². The Labute approximate surface area is 90.8 Å². The van der Waals surface area contributed by atoms with Crippen molar-refractivity contribution in [2.45, 2.75) is 19.0 Å². The van der Waals surface area contributed by atoms with Crippen LogP contribution in [0.5, 0.6) is 5.75 Å². The van der Waals surface area contributed by atoms with Gasteiger partial charge in [0.25, 0.3) is 0 Å². The maximum Gasteiger partial charge on any atom is 0.119 e. The summed E-state index contributed by atoms with van der Waals surface area (Å²) in [6.07, 6.45) is 1.17. The van der Waals surface area contributed by atoms with Crippen molar-refractivity contribution < 1.29 is 4.74 Å². The molecule has 0 bridgehead atoms. The Hall–Kier alpha value is -1.06. The topological polar surface area (TPSA) is 35.4 Å². The molecule has 2 rings (SSSR count). The van der Waals surface area contributed by atoms with Crippen LogP contribution in [0.25, 0.3) is 0 Å². The Balaban J connectivity index is 1.86. The SMILES string of the molecule is COc1cccc(CNC2CC[N]C2)c1. The molecule has 3 heteroatoms. The number of nitrogens with zero attached hydrogens (tertiary/aromatic N) is 1. The van der Waals surface area contributed by atoms with Gasteiger partial charge in [-0.3, -0.25) is 0 Å². The Bertz CT molecular complexity index is 308. The van der Waals surface area contributed by atoms with E-state index < -0.39 is 0 Å². The monoisotopic (exact) mass is 205 g/mol. The number of hydrogen-bond acceptors (Lipinski definition) is 2. The minimum atomic E-state index is 0.566. The van der Waals surface area contributed by atoms with E-state index in [1.54, 1.807) is 7.11 Å². The Morgan fingerprint density at radius 3 is 3.20 bits per heavy atom. The van der Waals surface area contributed by atoms with Gasteiger partial charge < -0.3 is 10.1 Å². The molecule has 1 heterocycles. The van der Waals surface area contributed by atoms with E-state index in [2.05, 4.69) is 22.8 Å². The summed E-state index contributed by atoms with van der Waals surface area (Å²) in [5.74, 6) is 0.922. The second kappa shape index (κ2) is 5.14. The van der Waals surface area contributed by atoms with Crippen LogP contribution < -0.4 is 15.4 Å². The van der Waals surface area contributed by atoms with Crippen LogP contribution in [0, 0.1) is 0 Å². The van der Waals surface area contributed by atoms with E-state index in [4.69, 9.17) is 4.74 Å². The van der Waals surface area contributed by atoms with Crippen molar-refractivity contribution >= 4 is 0 Å². The van der Waals surface area contributed by atoms with Crippen LogP contribution in [0.4, 0.5) is 0 Å². The minimum absolute atomic E-state index is 0.566. The summed E-state index contributed by atoms with van der Waals surface area (Å²) < 4.78 is 5.18. The molecule has 0 saturated carbocycles. The maximum absolute atomic E-state index is 5.18. The second-order valence-corrected chi connectivity index (χ2v) is 3.85. The molecular weight excluding hydrogens is 188 g/mol. The molecule has 15 heavy (non-hydrogen) atoms. The van der Waals surface area contributed by atoms with Crippen LogP contribution in [0.15, 0.2) is 24.3 Å². The van der Waals surface area contributed by atoms with Gasteiger partial charge in [0.05, 0.1) is 7.11 Å². The average Bonchev–Trinajstić information content (AvgIpc) is 2.79. The Morgan fingerprint density at radius 1 is 1.53 bits per heavy atom. The molecule has 0 spiro atoms. The van der Waals surface area contributed by atoms with Crippen molar-refractivity contribution in [2.24, 2.45) is 0 Å². The first kappa shape index (κ1) is 10.5. The van der Waals surface area contributed by atoms with E-state index in [9.17, 15) is 0 Å². The summed E-state index contributed by atoms with van der Waals surface area (Å²) in [4.78, 5) is 0. The van der Waals surface area contributed by atoms with Crippen LogP contribution >= 0.6 is 0 Å². The highest BCUT2D eigenvalue weighted by Crippen LogP contribution is 2.12. The Kier molecular flexibility index (Phi) is 3.59. The Morgan fingerprint density at radius 2 is 2.47 bits per heavy atom. The molecule has 3 nitrogen and oxygen atoms in total. The molecule has 0 aliphatic carbocycles. The number of ether oxygens (including phenoxy) is 1. The van der Waals surface area contributed by atoms with E-state index in [0.29, 0.717) is 6.04 Å². The van der Waals surface area contributed by atoms with Gasteiger partial charge in [0.15, 0.2) is 0 Å². The zero-order chi connectivity index (χ0) is 10.5. The van der Waals surface area contributed by atoms with Crippen molar-refractivity contribution in [3.63, 3.8) is 0 Å². The van der Waals surface area contributed by atoms with Crippen LogP contribution in [-0.2, 0) is 6.54 Å². The lowest BCUT2D eigenvalue weighted by atomic mass is 10.2. The van der Waals surface area contributed by atoms with Crippen LogP contribution in [0.3, 0.4) is 0 Å². The summed E-state index contributed by atoms with van der Waals surface area (Å²) >= 11 is 0. The van der Waals surface area contributed by atoms with Crippen LogP contribution in [-0.4, -0.2) is 26.2 Å². The highest BCUT2D eigenvalue weighted by atomic mass is 16.5. The largest absolute Gasteiger partial charge is 0.497 e. The number of rotatable bonds is 4. The minimum Gasteiger partial charge on any atom is -0.497 e. The van der Waals surface area contributed by atoms with E-state index in [1.165, 1.54) is 12.0 Å². The molecule has 1 N–H and O–H groups in total. The normalized spacial score (nSPS) is 20.5. The van der Waals surface area contributed by atoms with Gasteiger partial charge in [-0.1, -0.05) is 12.1 Å². The molecular formula is C12H17N2O. The number of benzene rings is 1. The fraction of sp³-hybridized carbons (Fsp3) is 0.500. The third-order valence-electron chi connectivity index (χ3n) is 2.71. The third kappa shape index (κ3) is 2.94. The number of methoxy groups -OCH3 is 1. The predicted octanol–water partition coefficient (Wildman–Crippen LogP) is 1.16. The summed E-state index contributed by atoms with van der Waals surface area (Å²) in [6.45, 7) is 2.87. The average molecular weight is 205 g/mol. The number of nitrogens with one attached hydrogen (secondary N) is 1. The smallest absolute Gasteiger partial charge is 0.119 e. The predicted molar refractivity (Wildman–Crippen MR) is 60.1 cm³/mol. The van der Waals surface area contributed by atoms with Crippen molar-refractivity contribution in [3.05, 3.63) is 29.8 Å². The van der Waals surface area contributed by atoms with Gasteiger partial charge in [0.1, 0.15) is 5.75 Å². The molecule has 0 aromatic heterocycles. The molecule has 1 aromatic carbocycles. The molecule has 1 atom stereocenters. The van der Waals surface area contributed by atoms with Gasteiger partial charge in [-0.15, -0.1) is 0 Å². The quantitative estimate of drug-likeness (QED) is 0.800. The van der Waals surface area contributed by atoms with Gasteiger partial charge >= 0.3 is 0 Å². The highest BCUT2D eigenvalue weighted by molar-refractivity contribution is 5.28. The van der Waals surface area contributed by atoms with Gasteiger partial charge in [-0.05, 0) is 24.1 Å². The zero-order valence-electron chi connectivity index (χ0n) is 9.07. The number of hydrogen-bond donors (Lipinski definition) is 1. The van der Waals surface area contributed by atoms with E-state index in [1.807, 2.05) is 12.1 Å². The van der Waals surface area contributed by atoms with E-state index in [-0.39, 0.29) is 0 Å². The van der Waals surface area contributed by atoms with Gasteiger partial charge in [-0.2, -0.15) is 0 Å². The van der Waals surface area contributed by atoms with Crippen LogP contribution in [0.1, 0.15) is 12.0 Å². The summed E-state index contributed by atoms with van der Waals surface area (Å²) in [5, 5.41) is 7.82. The molecule has 81 valence electrons. The van der Waals surface area contributed by atoms with Crippen molar-refractivity contribution in [1.29, 1.82) is 0 Å². The molecule has 1 fully saturated rings. The first-order valence-corrected chi connectivity index (χ1v) is 5.38. The second-order valence-electron chi connectivity index (χ2n) is 3.85. The first-order chi connectivity index (χ1) is 7.38. The van der Waals surface area contributed by atoms with Crippen molar-refractivity contribution in [3.8, 4) is 5.75 Å². The first-order valence-electron chi connectivity index (χ1n) is 5.38. The lowest BCUT2D eigenvalue weighted by Gasteiger charge is -2.11. The molecule has 1 aliphatic rings. The highest BCUT2D eigenvalue weighted by Gasteiger charge is 2.14. The molecule has 1 saturated heterocycles. The molecule has 1 radical (unpaired) electrons. The summed E-state index contributed by atoms with van der Waals surface area (Å²) in [6, 6.07) is 8.74. The zero-order valence-corrected chi connectivity index (χ0v) is 9.07. The maximum atomic E-state index is 5.18. The van der Waals surface area contributed by atoms with E-state index >= 15 is 0 Å². The van der Waals surface area contributed by atoms with Crippen molar-refractivity contribution in [2.75, 3.05) is 20.2 Å². The van der Waals surface area contributed by atoms with E-state index in [0.717, 1.165) is 25.4 Å². The molecule has 1 aromatic rings. The van der Waals surface area contributed by atoms with Crippen LogP contribution in [0.2, 0.25) is 0 Å². The molecule has 1 unspecified atom stereocenters. The molecule has 1 aliphatic heterocycles. The van der Waals surface area contributed by atoms with Gasteiger partial charge in [-0.25, -0.2) is 5.32 Å². The lowest BCUT2D eigenvalue weighted by molar-refractivity contribution is 0.414.